The molecule has 33 nitrogen and oxygen atoms in total. The zero-order chi connectivity index (χ0) is 98.7. The van der Waals surface area contributed by atoms with Crippen molar-refractivity contribution in [1.82, 2.24) is 5.32 Å². The summed E-state index contributed by atoms with van der Waals surface area (Å²) in [4.78, 5) is 0. The Hall–Kier alpha value is -15.6. The van der Waals surface area contributed by atoms with Crippen LogP contribution in [0.25, 0.3) is 0 Å². The third kappa shape index (κ3) is 25.9. The number of aliphatic hydroxyl groups is 1. The van der Waals surface area contributed by atoms with E-state index in [1.807, 2.05) is 24.3 Å². The molecule has 7 atom stereocenters. The van der Waals surface area contributed by atoms with Crippen LogP contribution in [0.3, 0.4) is 0 Å². The summed E-state index contributed by atoms with van der Waals surface area (Å²) in [7, 11) is 0. The molecule has 6 unspecified atom stereocenters. The Balaban J connectivity index is 0.000000148. The lowest BCUT2D eigenvalue weighted by Crippen LogP contribution is -2.31. The van der Waals surface area contributed by atoms with E-state index >= 15 is 0 Å². The highest BCUT2D eigenvalue weighted by atomic mass is 16.5. The second-order valence-electron chi connectivity index (χ2n) is 35.1. The van der Waals surface area contributed by atoms with Gasteiger partial charge in [-0.05, 0) is 283 Å². The van der Waals surface area contributed by atoms with Gasteiger partial charge in [0, 0.05) is 62.0 Å². The first-order valence-corrected chi connectivity index (χ1v) is 44.4. The van der Waals surface area contributed by atoms with Crippen LogP contribution in [0.15, 0.2) is 218 Å². The number of ether oxygens (including phenoxy) is 7. The zero-order valence-corrected chi connectivity index (χ0v) is 75.1. The van der Waals surface area contributed by atoms with Crippen molar-refractivity contribution in [2.24, 2.45) is 28.6 Å². The van der Waals surface area contributed by atoms with Crippen molar-refractivity contribution in [2.75, 3.05) is 39.6 Å². The molecule has 33 heteroatoms. The van der Waals surface area contributed by atoms with Crippen LogP contribution in [-0.2, 0) is 6.54 Å². The highest BCUT2D eigenvalue weighted by molar-refractivity contribution is 5.53. The van der Waals surface area contributed by atoms with Crippen molar-refractivity contribution in [3.8, 4) is 178 Å². The lowest BCUT2D eigenvalue weighted by molar-refractivity contribution is 0.0775. The first-order chi connectivity index (χ1) is 65.3. The maximum Gasteiger partial charge on any atom is 0.161 e. The van der Waals surface area contributed by atoms with Gasteiger partial charge in [0.05, 0.1) is 13.2 Å². The molecular formula is C104H115NO32. The molecule has 0 spiro atoms. The maximum atomic E-state index is 10.1. The standard InChI is InChI=1S/C22H26O4.C20H22O4.C17H18O6.C16H19NO6.C15H16O6.C14H14O6/c1-21(2)14-8-9-22(21,3)20(13-5-7-16(24)18(26)11-13)19(14)12-4-6-15(23)17(25)10-12;21-17-3-1-11(9-19(17)23)13-5-15-7-14(8-16(15)6-13)12-2-4-18(22)20(24)10-12;18-12-6-4-10(8-14(12)20)22-16-2-1-3-17(16)23-11-5-7-13(19)15(21)9-11;18-11(9-23-12-2-4-14(20)16(22)6-12)8-17-7-10-1-3-13(19)15(21)5-10;16-12-4-2-10(8-14(12)18)20-6-1-7-21-11-3-5-13(17)15(19)9-11;15-11-3-1-9(7-13(11)17)19-5-6-20-10-2-4-12(16)14(18)8-10/h4-7,10-11,14,19-20,23-26H,8-9H2,1-3H3;1-4,9-10,13-16,21-24H,5-8H2;4-9,16-21H,1-3H2;1-6,11,17-22H,7-9H2;2-5,8-9,16-19H,1,6-7H2;1-4,7-8,15-18H,5-6H2/t;;16-,17?;;;/m..1.../s1. The summed E-state index contributed by atoms with van der Waals surface area (Å²) >= 11 is 0. The summed E-state index contributed by atoms with van der Waals surface area (Å²) in [6, 6.07) is 54.4. The number of phenolic OH excluding ortho intramolecular Hbond substituents is 24. The molecule has 137 heavy (non-hydrogen) atoms. The Bertz CT molecular complexity index is 5850. The van der Waals surface area contributed by atoms with E-state index < -0.39 is 6.10 Å². The summed E-state index contributed by atoms with van der Waals surface area (Å²) in [5.74, 6) is 1.74. The summed E-state index contributed by atoms with van der Waals surface area (Å²) < 4.78 is 38.4. The van der Waals surface area contributed by atoms with E-state index in [-0.39, 0.29) is 199 Å². The highest BCUT2D eigenvalue weighted by Crippen LogP contribution is 2.76. The van der Waals surface area contributed by atoms with Crippen molar-refractivity contribution in [1.29, 1.82) is 0 Å². The second-order valence-corrected chi connectivity index (χ2v) is 35.1. The maximum absolute atomic E-state index is 10.1. The first-order valence-electron chi connectivity index (χ1n) is 44.4. The van der Waals surface area contributed by atoms with Gasteiger partial charge in [-0.25, -0.2) is 0 Å². The summed E-state index contributed by atoms with van der Waals surface area (Å²) in [6.45, 7) is 8.80. The number of rotatable bonds is 26. The molecule has 17 rings (SSSR count). The topological polar surface area (TPSA) is 582 Å². The van der Waals surface area contributed by atoms with Gasteiger partial charge >= 0.3 is 0 Å². The third-order valence-electron chi connectivity index (χ3n) is 25.8. The van der Waals surface area contributed by atoms with Gasteiger partial charge in [0.25, 0.3) is 0 Å². The van der Waals surface area contributed by atoms with Crippen LogP contribution in [0.2, 0.25) is 0 Å². The van der Waals surface area contributed by atoms with Crippen molar-refractivity contribution in [2.45, 2.75) is 134 Å². The van der Waals surface area contributed by atoms with Crippen molar-refractivity contribution in [3.63, 3.8) is 0 Å². The minimum Gasteiger partial charge on any atom is -0.504 e. The van der Waals surface area contributed by atoms with Crippen LogP contribution >= 0.6 is 0 Å². The Morgan fingerprint density at radius 3 is 0.934 bits per heavy atom. The molecule has 0 aromatic heterocycles. The van der Waals surface area contributed by atoms with Gasteiger partial charge in [-0.2, -0.15) is 0 Å². The average Bonchev–Trinajstić information content (AvgIpc) is 1.52. The molecular weight excluding hydrogens is 1780 g/mol. The number of fused-ring (bicyclic) bond motifs is 3. The van der Waals surface area contributed by atoms with E-state index in [9.17, 15) is 107 Å². The fourth-order valence-electron chi connectivity index (χ4n) is 18.3. The van der Waals surface area contributed by atoms with E-state index in [2.05, 4.69) is 26.1 Å². The number of hydrogen-bond acceptors (Lipinski definition) is 33. The van der Waals surface area contributed by atoms with Crippen molar-refractivity contribution < 1.29 is 161 Å². The van der Waals surface area contributed by atoms with Gasteiger partial charge < -0.3 is 166 Å². The molecule has 0 amide bonds. The Kier molecular flexibility index (Phi) is 32.9. The Labute approximate surface area is 788 Å². The van der Waals surface area contributed by atoms with Crippen molar-refractivity contribution >= 4 is 0 Å². The minimum absolute atomic E-state index is 0.0119. The average molecular weight is 1890 g/mol. The molecule has 0 heterocycles. The van der Waals surface area contributed by atoms with E-state index in [4.69, 9.17) is 53.6 Å². The number of phenols is 24. The van der Waals surface area contributed by atoms with E-state index in [0.717, 1.165) is 85.6 Å². The highest BCUT2D eigenvalue weighted by Gasteiger charge is 2.66. The number of aliphatic hydroxyl groups excluding tert-OH is 1. The first kappa shape index (κ1) is 100. The van der Waals surface area contributed by atoms with Crippen LogP contribution in [0, 0.1) is 28.6 Å². The Morgan fingerprint density at radius 1 is 0.299 bits per heavy atom. The van der Waals surface area contributed by atoms with Crippen LogP contribution in [0.4, 0.5) is 0 Å². The molecule has 12 aromatic rings. The summed E-state index contributed by atoms with van der Waals surface area (Å²) in [6.07, 6.45) is 8.60. The van der Waals surface area contributed by atoms with Gasteiger partial charge in [0.2, 0.25) is 0 Å². The number of nitrogens with one attached hydrogen (secondary N) is 1. The second kappa shape index (κ2) is 44.9. The fraction of sp³-hybridized carbons (Fsp3) is 0.308. The van der Waals surface area contributed by atoms with E-state index in [1.54, 1.807) is 78.9 Å². The predicted molar refractivity (Wildman–Crippen MR) is 501 cm³/mol. The number of benzene rings is 12. The smallest absolute Gasteiger partial charge is 0.161 e. The molecule has 5 aliphatic carbocycles. The van der Waals surface area contributed by atoms with Crippen molar-refractivity contribution in [3.05, 3.63) is 246 Å². The van der Waals surface area contributed by atoms with Crippen LogP contribution in [0.1, 0.15) is 136 Å². The van der Waals surface area contributed by atoms with Gasteiger partial charge in [-0.3, -0.25) is 0 Å². The molecule has 2 bridgehead atoms. The molecule has 12 aromatic carbocycles. The SMILES string of the molecule is CC1(C)C2CCC1(C)C(c1ccc(O)c(O)c1)C2c1ccc(O)c(O)c1.Oc1ccc(C2CC3CC(c4ccc(O)c(O)c4)CC3C2)cc1O.Oc1ccc(CNCC(O)COc2ccc(O)c(O)c2)cc1O.Oc1ccc(OC2CCC[C@H]2Oc2ccc(O)c(O)c2)cc1O.Oc1ccc(OCCCOc2ccc(O)c(O)c2)cc1O.Oc1ccc(OCCOc2ccc(O)c(O)c2)cc1O. The van der Waals surface area contributed by atoms with Crippen LogP contribution < -0.4 is 38.5 Å². The molecule has 5 saturated carbocycles. The molecule has 0 saturated heterocycles. The van der Waals surface area contributed by atoms with Gasteiger partial charge in [-0.15, -0.1) is 0 Å². The Morgan fingerprint density at radius 2 is 0.584 bits per heavy atom. The summed E-state index contributed by atoms with van der Waals surface area (Å²) in [5, 5.41) is 239. The molecule has 0 radical (unpaired) electrons. The normalized spacial score (nSPS) is 19.6. The number of hydrogen-bond donors (Lipinski definition) is 26. The number of aromatic hydroxyl groups is 24. The lowest BCUT2D eigenvalue weighted by Gasteiger charge is -2.41. The molecule has 5 aliphatic rings. The third-order valence-corrected chi connectivity index (χ3v) is 25.8. The van der Waals surface area contributed by atoms with Crippen LogP contribution in [0.5, 0.6) is 178 Å². The predicted octanol–water partition coefficient (Wildman–Crippen LogP) is 17.3. The minimum atomic E-state index is -0.781. The molecule has 26 N–H and O–H groups in total. The van der Waals surface area contributed by atoms with E-state index in [0.29, 0.717) is 96.0 Å². The van der Waals surface area contributed by atoms with Crippen LogP contribution in [-0.4, -0.2) is 186 Å². The van der Waals surface area contributed by atoms with Gasteiger partial charge in [-0.1, -0.05) is 51.1 Å². The summed E-state index contributed by atoms with van der Waals surface area (Å²) in [5.41, 5.74) is 5.15. The molecule has 5 fully saturated rings. The van der Waals surface area contributed by atoms with Gasteiger partial charge in [0.1, 0.15) is 78.4 Å². The zero-order valence-electron chi connectivity index (χ0n) is 75.1. The monoisotopic (exact) mass is 1890 g/mol. The molecule has 728 valence electrons. The quantitative estimate of drug-likeness (QED) is 0.0177. The molecule has 0 aliphatic heterocycles. The fourth-order valence-corrected chi connectivity index (χ4v) is 18.3. The van der Waals surface area contributed by atoms with E-state index in [1.165, 1.54) is 115 Å². The van der Waals surface area contributed by atoms with Gasteiger partial charge in [0.15, 0.2) is 138 Å². The lowest BCUT2D eigenvalue weighted by atomic mass is 9.63. The largest absolute Gasteiger partial charge is 0.504 e.